The molecule has 0 aromatic heterocycles. The Morgan fingerprint density at radius 2 is 2.05 bits per heavy atom. The maximum Gasteiger partial charge on any atom is 0.412 e. The number of carbonyl (C=O) groups excluding carboxylic acids is 1. The molecule has 4 heteroatoms. The normalized spacial score (nSPS) is 19.1. The van der Waals surface area contributed by atoms with Gasteiger partial charge in [-0.15, -0.1) is 0 Å². The molecule has 1 fully saturated rings. The van der Waals surface area contributed by atoms with Crippen LogP contribution in [0.4, 0.5) is 10.5 Å². The third kappa shape index (κ3) is 5.76. The first-order chi connectivity index (χ1) is 9.92. The highest BCUT2D eigenvalue weighted by Crippen LogP contribution is 2.18. The Balaban J connectivity index is 1.85. The molecule has 1 amide bonds. The van der Waals surface area contributed by atoms with Crippen molar-refractivity contribution in [2.24, 2.45) is 5.92 Å². The van der Waals surface area contributed by atoms with Gasteiger partial charge < -0.3 is 10.1 Å². The first-order valence-electron chi connectivity index (χ1n) is 7.72. The Morgan fingerprint density at radius 3 is 2.62 bits per heavy atom. The fourth-order valence-corrected chi connectivity index (χ4v) is 2.58. The second kappa shape index (κ2) is 6.94. The molecule has 1 heterocycles. The highest BCUT2D eigenvalue weighted by atomic mass is 16.6. The predicted molar refractivity (Wildman–Crippen MR) is 85.6 cm³/mol. The third-order valence-corrected chi connectivity index (χ3v) is 3.52. The van der Waals surface area contributed by atoms with Crippen molar-refractivity contribution in [3.05, 3.63) is 29.8 Å². The molecule has 2 rings (SSSR count). The van der Waals surface area contributed by atoms with Gasteiger partial charge in [0.1, 0.15) is 5.60 Å². The van der Waals surface area contributed by atoms with Gasteiger partial charge in [0.05, 0.1) is 0 Å². The lowest BCUT2D eigenvalue weighted by Gasteiger charge is -2.22. The Morgan fingerprint density at radius 1 is 1.33 bits per heavy atom. The van der Waals surface area contributed by atoms with E-state index >= 15 is 0 Å². The van der Waals surface area contributed by atoms with Crippen molar-refractivity contribution in [2.45, 2.75) is 45.6 Å². The molecule has 0 aliphatic carbocycles. The number of piperidine rings is 1. The van der Waals surface area contributed by atoms with Crippen molar-refractivity contribution in [1.29, 1.82) is 0 Å². The largest absolute Gasteiger partial charge is 0.444 e. The van der Waals surface area contributed by atoms with Crippen LogP contribution < -0.4 is 10.6 Å². The van der Waals surface area contributed by atoms with Crippen LogP contribution in [0.2, 0.25) is 0 Å². The fraction of sp³-hybridized carbons (Fsp3) is 0.588. The van der Waals surface area contributed by atoms with Crippen molar-refractivity contribution >= 4 is 11.8 Å². The SMILES string of the molecule is CC(C)(C)OC(=O)Nc1ccc(CC2CCCNC2)cc1. The second-order valence-corrected chi connectivity index (χ2v) is 6.74. The van der Waals surface area contributed by atoms with E-state index in [-0.39, 0.29) is 0 Å². The number of amides is 1. The molecule has 1 unspecified atom stereocenters. The average molecular weight is 290 g/mol. The highest BCUT2D eigenvalue weighted by Gasteiger charge is 2.16. The number of anilines is 1. The lowest BCUT2D eigenvalue weighted by molar-refractivity contribution is 0.0636. The zero-order chi connectivity index (χ0) is 15.3. The molecule has 0 saturated carbocycles. The summed E-state index contributed by atoms with van der Waals surface area (Å²) in [6.45, 7) is 7.82. The van der Waals surface area contributed by atoms with E-state index in [0.717, 1.165) is 31.1 Å². The van der Waals surface area contributed by atoms with Crippen molar-refractivity contribution in [2.75, 3.05) is 18.4 Å². The van der Waals surface area contributed by atoms with Gasteiger partial charge in [0.2, 0.25) is 0 Å². The Bertz CT molecular complexity index is 457. The minimum Gasteiger partial charge on any atom is -0.444 e. The summed E-state index contributed by atoms with van der Waals surface area (Å²) in [6.07, 6.45) is 3.25. The van der Waals surface area contributed by atoms with Crippen molar-refractivity contribution < 1.29 is 9.53 Å². The van der Waals surface area contributed by atoms with E-state index in [1.54, 1.807) is 0 Å². The number of rotatable bonds is 3. The predicted octanol–water partition coefficient (Wildman–Crippen LogP) is 3.58. The molecule has 0 radical (unpaired) electrons. The van der Waals surface area contributed by atoms with Crippen molar-refractivity contribution in [1.82, 2.24) is 5.32 Å². The lowest BCUT2D eigenvalue weighted by Crippen LogP contribution is -2.30. The quantitative estimate of drug-likeness (QED) is 0.894. The molecular weight excluding hydrogens is 264 g/mol. The van der Waals surface area contributed by atoms with Gasteiger partial charge in [-0.3, -0.25) is 5.32 Å². The summed E-state index contributed by atoms with van der Waals surface area (Å²) >= 11 is 0. The number of benzene rings is 1. The van der Waals surface area contributed by atoms with Crippen molar-refractivity contribution in [3.8, 4) is 0 Å². The van der Waals surface area contributed by atoms with Gasteiger partial charge in [-0.25, -0.2) is 4.79 Å². The number of hydrogen-bond acceptors (Lipinski definition) is 3. The Hall–Kier alpha value is -1.55. The number of hydrogen-bond donors (Lipinski definition) is 2. The second-order valence-electron chi connectivity index (χ2n) is 6.74. The molecular formula is C17H26N2O2. The maximum absolute atomic E-state index is 11.7. The summed E-state index contributed by atoms with van der Waals surface area (Å²) in [7, 11) is 0. The first kappa shape index (κ1) is 15.8. The van der Waals surface area contributed by atoms with E-state index in [4.69, 9.17) is 4.74 Å². The van der Waals surface area contributed by atoms with Gasteiger partial charge in [-0.05, 0) is 76.7 Å². The van der Waals surface area contributed by atoms with Gasteiger partial charge >= 0.3 is 6.09 Å². The Kier molecular flexibility index (Phi) is 5.23. The summed E-state index contributed by atoms with van der Waals surface area (Å²) in [5.74, 6) is 0.725. The number of ether oxygens (including phenoxy) is 1. The molecule has 21 heavy (non-hydrogen) atoms. The van der Waals surface area contributed by atoms with Crippen LogP contribution in [0.5, 0.6) is 0 Å². The van der Waals surface area contributed by atoms with Gasteiger partial charge in [0.15, 0.2) is 0 Å². The lowest BCUT2D eigenvalue weighted by atomic mass is 9.92. The van der Waals surface area contributed by atoms with E-state index in [0.29, 0.717) is 0 Å². The van der Waals surface area contributed by atoms with Crippen LogP contribution in [0.15, 0.2) is 24.3 Å². The van der Waals surface area contributed by atoms with Crippen LogP contribution >= 0.6 is 0 Å². The zero-order valence-electron chi connectivity index (χ0n) is 13.2. The van der Waals surface area contributed by atoms with Crippen LogP contribution in [0.1, 0.15) is 39.2 Å². The zero-order valence-corrected chi connectivity index (χ0v) is 13.2. The minimum atomic E-state index is -0.474. The highest BCUT2D eigenvalue weighted by molar-refractivity contribution is 5.84. The number of nitrogens with one attached hydrogen (secondary N) is 2. The molecule has 116 valence electrons. The van der Waals surface area contributed by atoms with Gasteiger partial charge in [0.25, 0.3) is 0 Å². The van der Waals surface area contributed by atoms with E-state index in [9.17, 15) is 4.79 Å². The molecule has 2 N–H and O–H groups in total. The molecule has 1 aliphatic rings. The van der Waals surface area contributed by atoms with E-state index in [1.807, 2.05) is 32.9 Å². The summed E-state index contributed by atoms with van der Waals surface area (Å²) in [6, 6.07) is 8.05. The molecule has 1 saturated heterocycles. The smallest absolute Gasteiger partial charge is 0.412 e. The Labute approximate surface area is 127 Å². The monoisotopic (exact) mass is 290 g/mol. The van der Waals surface area contributed by atoms with Crippen LogP contribution in [0, 0.1) is 5.92 Å². The summed E-state index contributed by atoms with van der Waals surface area (Å²) in [5.41, 5.74) is 1.62. The van der Waals surface area contributed by atoms with Gasteiger partial charge in [-0.2, -0.15) is 0 Å². The number of carbonyl (C=O) groups is 1. The van der Waals surface area contributed by atoms with Crippen molar-refractivity contribution in [3.63, 3.8) is 0 Å². The van der Waals surface area contributed by atoms with E-state index < -0.39 is 11.7 Å². The summed E-state index contributed by atoms with van der Waals surface area (Å²) in [4.78, 5) is 11.7. The molecule has 1 atom stereocenters. The molecule has 0 spiro atoms. The standard InChI is InChI=1S/C17H26N2O2/c1-17(2,3)21-16(20)19-15-8-6-13(7-9-15)11-14-5-4-10-18-12-14/h6-9,14,18H,4-5,10-12H2,1-3H3,(H,19,20). The van der Waals surface area contributed by atoms with Gasteiger partial charge in [-0.1, -0.05) is 12.1 Å². The molecule has 1 aliphatic heterocycles. The minimum absolute atomic E-state index is 0.410. The van der Waals surface area contributed by atoms with E-state index in [1.165, 1.54) is 18.4 Å². The fourth-order valence-electron chi connectivity index (χ4n) is 2.58. The first-order valence-corrected chi connectivity index (χ1v) is 7.72. The van der Waals surface area contributed by atoms with Crippen LogP contribution in [0.3, 0.4) is 0 Å². The maximum atomic E-state index is 11.7. The molecule has 1 aromatic rings. The topological polar surface area (TPSA) is 50.4 Å². The molecule has 1 aromatic carbocycles. The average Bonchev–Trinajstić information content (AvgIpc) is 2.40. The van der Waals surface area contributed by atoms with E-state index in [2.05, 4.69) is 22.8 Å². The molecule has 0 bridgehead atoms. The van der Waals surface area contributed by atoms with Crippen LogP contribution in [-0.2, 0) is 11.2 Å². The van der Waals surface area contributed by atoms with Gasteiger partial charge in [0, 0.05) is 5.69 Å². The van der Waals surface area contributed by atoms with Crippen LogP contribution in [0.25, 0.3) is 0 Å². The third-order valence-electron chi connectivity index (χ3n) is 3.52. The van der Waals surface area contributed by atoms with Crippen LogP contribution in [-0.4, -0.2) is 24.8 Å². The molecule has 4 nitrogen and oxygen atoms in total. The summed E-state index contributed by atoms with van der Waals surface area (Å²) < 4.78 is 5.24. The summed E-state index contributed by atoms with van der Waals surface area (Å²) in [5, 5.41) is 6.20.